The summed E-state index contributed by atoms with van der Waals surface area (Å²) in [4.78, 5) is 25.6. The van der Waals surface area contributed by atoms with Crippen LogP contribution >= 0.6 is 34.5 Å². The zero-order valence-electron chi connectivity index (χ0n) is 15.4. The summed E-state index contributed by atoms with van der Waals surface area (Å²) in [5.74, 6) is 0.0478. The molecule has 0 aliphatic heterocycles. The number of rotatable bonds is 6. The third kappa shape index (κ3) is 4.82. The molecule has 0 fully saturated rings. The highest BCUT2D eigenvalue weighted by Gasteiger charge is 2.16. The van der Waals surface area contributed by atoms with Gasteiger partial charge in [0.05, 0.1) is 40.5 Å². The molecule has 0 radical (unpaired) electrons. The number of carbonyl (C=O) groups is 2. The van der Waals surface area contributed by atoms with Crippen molar-refractivity contribution >= 4 is 57.7 Å². The Hall–Kier alpha value is -2.74. The van der Waals surface area contributed by atoms with Gasteiger partial charge in [0.25, 0.3) is 11.8 Å². The highest BCUT2D eigenvalue weighted by Crippen LogP contribution is 2.36. The number of hydrogen-bond acceptors (Lipinski definition) is 5. The van der Waals surface area contributed by atoms with Crippen LogP contribution in [0.25, 0.3) is 0 Å². The molecule has 3 aromatic rings. The Morgan fingerprint density at radius 1 is 0.862 bits per heavy atom. The largest absolute Gasteiger partial charge is 0.495 e. The number of hydrogen-bond donors (Lipinski definition) is 2. The number of halogens is 2. The Morgan fingerprint density at radius 2 is 1.59 bits per heavy atom. The minimum absolute atomic E-state index is 0.298. The molecule has 3 rings (SSSR count). The Bertz CT molecular complexity index is 1050. The number of thiophene rings is 1. The van der Waals surface area contributed by atoms with Crippen LogP contribution in [0.15, 0.2) is 47.8 Å². The van der Waals surface area contributed by atoms with E-state index in [0.29, 0.717) is 43.4 Å². The van der Waals surface area contributed by atoms with Crippen LogP contribution < -0.4 is 20.1 Å². The van der Waals surface area contributed by atoms with Crippen molar-refractivity contribution in [1.82, 2.24) is 0 Å². The van der Waals surface area contributed by atoms with Crippen molar-refractivity contribution in [2.75, 3.05) is 24.9 Å². The summed E-state index contributed by atoms with van der Waals surface area (Å²) in [6.07, 6.45) is 0. The lowest BCUT2D eigenvalue weighted by Gasteiger charge is -2.14. The van der Waals surface area contributed by atoms with Gasteiger partial charge < -0.3 is 20.1 Å². The van der Waals surface area contributed by atoms with E-state index in [4.69, 9.17) is 32.7 Å². The molecule has 0 spiro atoms. The van der Waals surface area contributed by atoms with Gasteiger partial charge in [-0.05, 0) is 29.6 Å². The second-order valence-corrected chi connectivity index (χ2v) is 7.53. The first-order chi connectivity index (χ1) is 13.9. The second kappa shape index (κ2) is 9.17. The van der Waals surface area contributed by atoms with Crippen LogP contribution in [0.2, 0.25) is 10.0 Å². The molecule has 0 aliphatic carbocycles. The van der Waals surface area contributed by atoms with E-state index >= 15 is 0 Å². The molecule has 0 atom stereocenters. The van der Waals surface area contributed by atoms with Gasteiger partial charge in [-0.2, -0.15) is 0 Å². The minimum atomic E-state index is -0.420. The number of benzene rings is 2. The Kier molecular flexibility index (Phi) is 6.64. The van der Waals surface area contributed by atoms with Gasteiger partial charge in [0, 0.05) is 17.7 Å². The molecule has 150 valence electrons. The molecule has 1 aromatic heterocycles. The SMILES string of the molecule is COc1cc(NC(=O)c2ccc(Cl)c(NC(=O)c3cccs3)c2)c(OC)cc1Cl. The molecule has 0 unspecified atom stereocenters. The fourth-order valence-electron chi connectivity index (χ4n) is 2.51. The molecule has 0 saturated carbocycles. The molecule has 0 saturated heterocycles. The topological polar surface area (TPSA) is 76.7 Å². The predicted octanol–water partition coefficient (Wildman–Crippen LogP) is 5.58. The van der Waals surface area contributed by atoms with E-state index in [2.05, 4.69) is 10.6 Å². The van der Waals surface area contributed by atoms with E-state index in [9.17, 15) is 9.59 Å². The first-order valence-electron chi connectivity index (χ1n) is 8.30. The Morgan fingerprint density at radius 3 is 2.24 bits per heavy atom. The van der Waals surface area contributed by atoms with E-state index in [-0.39, 0.29) is 5.91 Å². The van der Waals surface area contributed by atoms with Gasteiger partial charge in [-0.3, -0.25) is 9.59 Å². The highest BCUT2D eigenvalue weighted by molar-refractivity contribution is 7.12. The molecular weight excluding hydrogens is 435 g/mol. The van der Waals surface area contributed by atoms with Gasteiger partial charge in [-0.15, -0.1) is 11.3 Å². The van der Waals surface area contributed by atoms with Crippen molar-refractivity contribution in [2.24, 2.45) is 0 Å². The summed E-state index contributed by atoms with van der Waals surface area (Å²) >= 11 is 13.6. The maximum atomic E-state index is 12.8. The molecule has 2 aromatic carbocycles. The number of anilines is 2. The van der Waals surface area contributed by atoms with Crippen molar-refractivity contribution in [3.05, 3.63) is 68.3 Å². The summed E-state index contributed by atoms with van der Waals surface area (Å²) in [6, 6.07) is 11.2. The lowest BCUT2D eigenvalue weighted by molar-refractivity contribution is 0.101. The zero-order chi connectivity index (χ0) is 21.0. The van der Waals surface area contributed by atoms with Gasteiger partial charge in [-0.25, -0.2) is 0 Å². The maximum absolute atomic E-state index is 12.8. The monoisotopic (exact) mass is 450 g/mol. The Balaban J connectivity index is 1.84. The quantitative estimate of drug-likeness (QED) is 0.513. The molecular formula is C20H16Cl2N2O4S. The normalized spacial score (nSPS) is 10.3. The predicted molar refractivity (Wildman–Crippen MR) is 116 cm³/mol. The smallest absolute Gasteiger partial charge is 0.265 e. The van der Waals surface area contributed by atoms with E-state index in [0.717, 1.165) is 0 Å². The average molecular weight is 451 g/mol. The number of nitrogens with one attached hydrogen (secondary N) is 2. The van der Waals surface area contributed by atoms with E-state index < -0.39 is 5.91 Å². The molecule has 0 aliphatic rings. The Labute approximate surface area is 181 Å². The number of ether oxygens (including phenoxy) is 2. The van der Waals surface area contributed by atoms with Crippen LogP contribution in [0.5, 0.6) is 11.5 Å². The first-order valence-corrected chi connectivity index (χ1v) is 9.93. The van der Waals surface area contributed by atoms with Crippen molar-refractivity contribution < 1.29 is 19.1 Å². The summed E-state index contributed by atoms with van der Waals surface area (Å²) in [6.45, 7) is 0. The lowest BCUT2D eigenvalue weighted by Crippen LogP contribution is -2.15. The molecule has 0 bridgehead atoms. The number of carbonyl (C=O) groups excluding carboxylic acids is 2. The van der Waals surface area contributed by atoms with Crippen LogP contribution in [0.1, 0.15) is 20.0 Å². The minimum Gasteiger partial charge on any atom is -0.495 e. The van der Waals surface area contributed by atoms with Crippen LogP contribution in [0.4, 0.5) is 11.4 Å². The lowest BCUT2D eigenvalue weighted by atomic mass is 10.1. The molecule has 6 nitrogen and oxygen atoms in total. The first kappa shape index (κ1) is 21.0. The van der Waals surface area contributed by atoms with Gasteiger partial charge in [-0.1, -0.05) is 29.3 Å². The van der Waals surface area contributed by atoms with Gasteiger partial charge >= 0.3 is 0 Å². The van der Waals surface area contributed by atoms with Crippen molar-refractivity contribution in [3.8, 4) is 11.5 Å². The fraction of sp³-hybridized carbons (Fsp3) is 0.100. The molecule has 9 heteroatoms. The van der Waals surface area contributed by atoms with Crippen molar-refractivity contribution in [3.63, 3.8) is 0 Å². The molecule has 1 heterocycles. The molecule has 29 heavy (non-hydrogen) atoms. The third-order valence-electron chi connectivity index (χ3n) is 3.94. The van der Waals surface area contributed by atoms with Crippen LogP contribution in [0.3, 0.4) is 0 Å². The van der Waals surface area contributed by atoms with Crippen molar-refractivity contribution in [2.45, 2.75) is 0 Å². The van der Waals surface area contributed by atoms with Crippen LogP contribution in [0, 0.1) is 0 Å². The fourth-order valence-corrected chi connectivity index (χ4v) is 3.52. The third-order valence-corrected chi connectivity index (χ3v) is 5.44. The zero-order valence-corrected chi connectivity index (χ0v) is 17.7. The van der Waals surface area contributed by atoms with E-state index in [1.54, 1.807) is 41.8 Å². The number of amides is 2. The van der Waals surface area contributed by atoms with E-state index in [1.807, 2.05) is 0 Å². The van der Waals surface area contributed by atoms with Gasteiger partial charge in [0.2, 0.25) is 0 Å². The van der Waals surface area contributed by atoms with Crippen LogP contribution in [-0.4, -0.2) is 26.0 Å². The van der Waals surface area contributed by atoms with E-state index in [1.165, 1.54) is 31.6 Å². The summed E-state index contributed by atoms with van der Waals surface area (Å²) in [5, 5.41) is 7.94. The van der Waals surface area contributed by atoms with Crippen LogP contribution in [-0.2, 0) is 0 Å². The molecule has 2 amide bonds. The molecule has 2 N–H and O–H groups in total. The van der Waals surface area contributed by atoms with Gasteiger partial charge in [0.15, 0.2) is 0 Å². The van der Waals surface area contributed by atoms with Gasteiger partial charge in [0.1, 0.15) is 11.5 Å². The average Bonchev–Trinajstić information content (AvgIpc) is 3.25. The standard InChI is InChI=1S/C20H16Cl2N2O4S/c1-27-16-10-15(17(28-2)9-13(16)22)24-19(25)11-5-6-12(21)14(8-11)23-20(26)18-4-3-7-29-18/h3-10H,1-2H3,(H,23,26)(H,24,25). The highest BCUT2D eigenvalue weighted by atomic mass is 35.5. The summed E-state index contributed by atoms with van der Waals surface area (Å²) in [5.41, 5.74) is 1.02. The summed E-state index contributed by atoms with van der Waals surface area (Å²) < 4.78 is 10.5. The van der Waals surface area contributed by atoms with Crippen molar-refractivity contribution in [1.29, 1.82) is 0 Å². The number of methoxy groups -OCH3 is 2. The summed E-state index contributed by atoms with van der Waals surface area (Å²) in [7, 11) is 2.94. The maximum Gasteiger partial charge on any atom is 0.265 e. The second-order valence-electron chi connectivity index (χ2n) is 5.77.